The molecule has 1 aromatic rings. The summed E-state index contributed by atoms with van der Waals surface area (Å²) in [5, 5.41) is 0.820. The van der Waals surface area contributed by atoms with Crippen molar-refractivity contribution in [2.75, 3.05) is 6.54 Å². The normalized spacial score (nSPS) is 28.9. The fourth-order valence-electron chi connectivity index (χ4n) is 2.55. The molecule has 1 aliphatic carbocycles. The summed E-state index contributed by atoms with van der Waals surface area (Å²) < 4.78 is 0. The lowest BCUT2D eigenvalue weighted by atomic mass is 10.0. The number of halogens is 1. The zero-order chi connectivity index (χ0) is 10.3. The van der Waals surface area contributed by atoms with Crippen LogP contribution in [-0.2, 0) is 0 Å². The first kappa shape index (κ1) is 10.0. The zero-order valence-electron chi connectivity index (χ0n) is 8.63. The van der Waals surface area contributed by atoms with Crippen LogP contribution in [-0.4, -0.2) is 6.54 Å². The smallest absolute Gasteiger partial charge is 0.0408 e. The van der Waals surface area contributed by atoms with Crippen molar-refractivity contribution in [2.24, 2.45) is 17.1 Å². The molecule has 1 saturated carbocycles. The minimum Gasteiger partial charge on any atom is -0.330 e. The van der Waals surface area contributed by atoms with Gasteiger partial charge in [-0.15, -0.1) is 0 Å². The lowest BCUT2D eigenvalue weighted by molar-refractivity contribution is 0.558. The van der Waals surface area contributed by atoms with E-state index in [0.717, 1.165) is 11.6 Å². The SMILES string of the molecule is CC1(C)C(CN)C1c1cccc(Cl)c1. The van der Waals surface area contributed by atoms with Crippen LogP contribution in [0, 0.1) is 11.3 Å². The maximum Gasteiger partial charge on any atom is 0.0408 e. The van der Waals surface area contributed by atoms with Gasteiger partial charge in [0.25, 0.3) is 0 Å². The molecule has 0 aromatic heterocycles. The summed E-state index contributed by atoms with van der Waals surface area (Å²) in [7, 11) is 0. The topological polar surface area (TPSA) is 26.0 Å². The Hall–Kier alpha value is -0.530. The lowest BCUT2D eigenvalue weighted by Crippen LogP contribution is -2.05. The average molecular weight is 210 g/mol. The van der Waals surface area contributed by atoms with E-state index in [4.69, 9.17) is 17.3 Å². The molecule has 0 bridgehead atoms. The first-order chi connectivity index (χ1) is 6.57. The fraction of sp³-hybridized carbons (Fsp3) is 0.500. The van der Waals surface area contributed by atoms with Gasteiger partial charge in [0.1, 0.15) is 0 Å². The number of hydrogen-bond acceptors (Lipinski definition) is 1. The minimum atomic E-state index is 0.347. The fourth-order valence-corrected chi connectivity index (χ4v) is 2.74. The summed E-state index contributed by atoms with van der Waals surface area (Å²) in [6.45, 7) is 5.32. The van der Waals surface area contributed by atoms with E-state index >= 15 is 0 Å². The first-order valence-corrected chi connectivity index (χ1v) is 5.40. The van der Waals surface area contributed by atoms with E-state index in [-0.39, 0.29) is 0 Å². The monoisotopic (exact) mass is 209 g/mol. The van der Waals surface area contributed by atoms with Crippen LogP contribution in [0.25, 0.3) is 0 Å². The summed E-state index contributed by atoms with van der Waals surface area (Å²) >= 11 is 5.97. The number of hydrogen-bond donors (Lipinski definition) is 1. The quantitative estimate of drug-likeness (QED) is 0.796. The zero-order valence-corrected chi connectivity index (χ0v) is 9.38. The Morgan fingerprint density at radius 3 is 2.64 bits per heavy atom. The molecule has 2 rings (SSSR count). The molecule has 0 spiro atoms. The molecular formula is C12H16ClN. The molecule has 0 amide bonds. The van der Waals surface area contributed by atoms with E-state index in [0.29, 0.717) is 17.3 Å². The molecule has 76 valence electrons. The molecule has 14 heavy (non-hydrogen) atoms. The van der Waals surface area contributed by atoms with Crippen molar-refractivity contribution in [3.8, 4) is 0 Å². The van der Waals surface area contributed by atoms with Gasteiger partial charge >= 0.3 is 0 Å². The van der Waals surface area contributed by atoms with Crippen molar-refractivity contribution in [1.82, 2.24) is 0 Å². The Kier molecular flexibility index (Phi) is 2.32. The second-order valence-electron chi connectivity index (χ2n) is 4.70. The predicted octanol–water partition coefficient (Wildman–Crippen LogP) is 3.04. The maximum absolute atomic E-state index is 5.97. The van der Waals surface area contributed by atoms with Gasteiger partial charge < -0.3 is 5.73 Å². The van der Waals surface area contributed by atoms with Gasteiger partial charge in [-0.05, 0) is 41.5 Å². The van der Waals surface area contributed by atoms with Crippen molar-refractivity contribution in [3.63, 3.8) is 0 Å². The van der Waals surface area contributed by atoms with Crippen LogP contribution in [0.4, 0.5) is 0 Å². The van der Waals surface area contributed by atoms with Crippen LogP contribution in [0.1, 0.15) is 25.3 Å². The third kappa shape index (κ3) is 1.45. The molecule has 0 radical (unpaired) electrons. The van der Waals surface area contributed by atoms with Gasteiger partial charge in [-0.25, -0.2) is 0 Å². The summed E-state index contributed by atoms with van der Waals surface area (Å²) in [6.07, 6.45) is 0. The molecule has 0 heterocycles. The number of nitrogens with two attached hydrogens (primary N) is 1. The van der Waals surface area contributed by atoms with Gasteiger partial charge in [-0.2, -0.15) is 0 Å². The van der Waals surface area contributed by atoms with Gasteiger partial charge in [0.15, 0.2) is 0 Å². The van der Waals surface area contributed by atoms with Crippen molar-refractivity contribution < 1.29 is 0 Å². The summed E-state index contributed by atoms with van der Waals surface area (Å²) in [5.74, 6) is 1.20. The Bertz CT molecular complexity index is 346. The van der Waals surface area contributed by atoms with Gasteiger partial charge in [-0.3, -0.25) is 0 Å². The molecule has 1 fully saturated rings. The largest absolute Gasteiger partial charge is 0.330 e. The molecular weight excluding hydrogens is 194 g/mol. The van der Waals surface area contributed by atoms with Crippen molar-refractivity contribution >= 4 is 11.6 Å². The molecule has 0 saturated heterocycles. The Morgan fingerprint density at radius 1 is 1.43 bits per heavy atom. The minimum absolute atomic E-state index is 0.347. The maximum atomic E-state index is 5.97. The van der Waals surface area contributed by atoms with E-state index in [9.17, 15) is 0 Å². The standard InChI is InChI=1S/C12H16ClN/c1-12(2)10(7-14)11(12)8-4-3-5-9(13)6-8/h3-6,10-11H,7,14H2,1-2H3. The van der Waals surface area contributed by atoms with E-state index in [2.05, 4.69) is 26.0 Å². The van der Waals surface area contributed by atoms with Gasteiger partial charge in [0.2, 0.25) is 0 Å². The number of rotatable bonds is 2. The molecule has 1 nitrogen and oxygen atoms in total. The third-order valence-electron chi connectivity index (χ3n) is 3.51. The summed E-state index contributed by atoms with van der Waals surface area (Å²) in [4.78, 5) is 0. The van der Waals surface area contributed by atoms with E-state index in [1.165, 1.54) is 5.56 Å². The predicted molar refractivity (Wildman–Crippen MR) is 60.5 cm³/mol. The van der Waals surface area contributed by atoms with Crippen LogP contribution in [0.3, 0.4) is 0 Å². The van der Waals surface area contributed by atoms with E-state index < -0.39 is 0 Å². The van der Waals surface area contributed by atoms with Crippen LogP contribution >= 0.6 is 11.6 Å². The highest BCUT2D eigenvalue weighted by Crippen LogP contribution is 2.63. The van der Waals surface area contributed by atoms with Crippen molar-refractivity contribution in [1.29, 1.82) is 0 Å². The van der Waals surface area contributed by atoms with Crippen molar-refractivity contribution in [3.05, 3.63) is 34.9 Å². The van der Waals surface area contributed by atoms with E-state index in [1.54, 1.807) is 0 Å². The van der Waals surface area contributed by atoms with Gasteiger partial charge in [-0.1, -0.05) is 37.6 Å². The van der Waals surface area contributed by atoms with Crippen LogP contribution < -0.4 is 5.73 Å². The first-order valence-electron chi connectivity index (χ1n) is 5.03. The Labute approximate surface area is 90.3 Å². The Morgan fingerprint density at radius 2 is 2.14 bits per heavy atom. The third-order valence-corrected chi connectivity index (χ3v) is 3.75. The molecule has 0 aliphatic heterocycles. The Balaban J connectivity index is 2.26. The average Bonchev–Trinajstić information content (AvgIpc) is 2.68. The molecule has 2 atom stereocenters. The number of benzene rings is 1. The van der Waals surface area contributed by atoms with Crippen LogP contribution in [0.5, 0.6) is 0 Å². The van der Waals surface area contributed by atoms with E-state index in [1.807, 2.05) is 12.1 Å². The van der Waals surface area contributed by atoms with Crippen LogP contribution in [0.15, 0.2) is 24.3 Å². The lowest BCUT2D eigenvalue weighted by Gasteiger charge is -2.03. The second-order valence-corrected chi connectivity index (χ2v) is 5.13. The highest BCUT2D eigenvalue weighted by molar-refractivity contribution is 6.30. The van der Waals surface area contributed by atoms with Crippen molar-refractivity contribution in [2.45, 2.75) is 19.8 Å². The molecule has 2 unspecified atom stereocenters. The van der Waals surface area contributed by atoms with Crippen LogP contribution in [0.2, 0.25) is 5.02 Å². The molecule has 2 heteroatoms. The van der Waals surface area contributed by atoms with Gasteiger partial charge in [0.05, 0.1) is 0 Å². The van der Waals surface area contributed by atoms with Gasteiger partial charge in [0, 0.05) is 5.02 Å². The molecule has 2 N–H and O–H groups in total. The molecule has 1 aliphatic rings. The highest BCUT2D eigenvalue weighted by Gasteiger charge is 2.57. The second kappa shape index (κ2) is 3.25. The highest BCUT2D eigenvalue weighted by atomic mass is 35.5. The molecule has 1 aromatic carbocycles. The summed E-state index contributed by atoms with van der Waals surface area (Å²) in [5.41, 5.74) is 7.42. The summed E-state index contributed by atoms with van der Waals surface area (Å²) in [6, 6.07) is 8.13.